The quantitative estimate of drug-likeness (QED) is 0.595. The molecule has 1 aliphatic rings. The van der Waals surface area contributed by atoms with E-state index in [1.807, 2.05) is 47.4 Å². The van der Waals surface area contributed by atoms with Crippen molar-refractivity contribution in [1.82, 2.24) is 15.0 Å². The summed E-state index contributed by atoms with van der Waals surface area (Å²) in [5, 5.41) is 3.81. The molecule has 1 aromatic heterocycles. The summed E-state index contributed by atoms with van der Waals surface area (Å²) < 4.78 is 5.17. The second-order valence-corrected chi connectivity index (χ2v) is 7.63. The zero-order valence-corrected chi connectivity index (χ0v) is 16.5. The first-order valence-corrected chi connectivity index (χ1v) is 10.2. The van der Waals surface area contributed by atoms with Gasteiger partial charge in [0.2, 0.25) is 5.89 Å². The maximum Gasteiger partial charge on any atom is 0.255 e. The van der Waals surface area contributed by atoms with E-state index in [1.54, 1.807) is 18.7 Å². The van der Waals surface area contributed by atoms with Crippen molar-refractivity contribution >= 4 is 23.2 Å². The number of hydrogen-bond acceptors (Lipinski definition) is 5. The van der Waals surface area contributed by atoms with Crippen LogP contribution in [0.5, 0.6) is 0 Å². The Morgan fingerprint density at radius 2 is 1.93 bits per heavy atom. The Labute approximate surface area is 168 Å². The SMILES string of the molecule is Cc1noc(CSc2ccccc2C(=O)N2CC=C(c3ccccc3)CC2)n1. The fourth-order valence-corrected chi connectivity index (χ4v) is 4.13. The first kappa shape index (κ1) is 18.5. The first-order valence-electron chi connectivity index (χ1n) is 9.25. The molecule has 0 bridgehead atoms. The van der Waals surface area contributed by atoms with Gasteiger partial charge in [-0.15, -0.1) is 11.8 Å². The lowest BCUT2D eigenvalue weighted by molar-refractivity contribution is 0.0769. The summed E-state index contributed by atoms with van der Waals surface area (Å²) in [6.07, 6.45) is 3.03. The highest BCUT2D eigenvalue weighted by atomic mass is 32.2. The summed E-state index contributed by atoms with van der Waals surface area (Å²) >= 11 is 1.54. The van der Waals surface area contributed by atoms with Gasteiger partial charge in [0.1, 0.15) is 0 Å². The van der Waals surface area contributed by atoms with Crippen LogP contribution in [-0.4, -0.2) is 34.0 Å². The molecule has 0 N–H and O–H groups in total. The zero-order valence-electron chi connectivity index (χ0n) is 15.7. The molecule has 0 atom stereocenters. The second kappa shape index (κ2) is 8.44. The van der Waals surface area contributed by atoms with Crippen LogP contribution in [0.1, 0.15) is 34.1 Å². The summed E-state index contributed by atoms with van der Waals surface area (Å²) in [4.78, 5) is 20.2. The average Bonchev–Trinajstić information content (AvgIpc) is 3.18. The number of rotatable bonds is 5. The fourth-order valence-electron chi connectivity index (χ4n) is 3.25. The molecule has 0 unspecified atom stereocenters. The van der Waals surface area contributed by atoms with Gasteiger partial charge in [-0.1, -0.05) is 53.7 Å². The van der Waals surface area contributed by atoms with Crippen molar-refractivity contribution in [3.8, 4) is 0 Å². The summed E-state index contributed by atoms with van der Waals surface area (Å²) in [6, 6.07) is 18.1. The molecule has 1 amide bonds. The topological polar surface area (TPSA) is 59.2 Å². The van der Waals surface area contributed by atoms with Gasteiger partial charge in [0.15, 0.2) is 5.82 Å². The Kier molecular flexibility index (Phi) is 5.58. The van der Waals surface area contributed by atoms with Gasteiger partial charge >= 0.3 is 0 Å². The number of aryl methyl sites for hydroxylation is 1. The predicted octanol–water partition coefficient (Wildman–Crippen LogP) is 4.60. The minimum absolute atomic E-state index is 0.0631. The second-order valence-electron chi connectivity index (χ2n) is 6.62. The van der Waals surface area contributed by atoms with Gasteiger partial charge in [-0.05, 0) is 36.6 Å². The third kappa shape index (κ3) is 4.17. The smallest absolute Gasteiger partial charge is 0.255 e. The zero-order chi connectivity index (χ0) is 19.3. The molecule has 5 nitrogen and oxygen atoms in total. The van der Waals surface area contributed by atoms with Crippen molar-refractivity contribution in [3.05, 3.63) is 83.5 Å². The lowest BCUT2D eigenvalue weighted by Gasteiger charge is -2.27. The summed E-state index contributed by atoms with van der Waals surface area (Å²) in [6.45, 7) is 3.15. The molecule has 0 saturated heterocycles. The van der Waals surface area contributed by atoms with Crippen LogP contribution in [0.15, 0.2) is 70.1 Å². The molecule has 3 aromatic rings. The predicted molar refractivity (Wildman–Crippen MR) is 110 cm³/mol. The van der Waals surface area contributed by atoms with E-state index < -0.39 is 0 Å². The number of nitrogens with zero attached hydrogens (tertiary/aromatic N) is 3. The van der Waals surface area contributed by atoms with Crippen LogP contribution in [0.2, 0.25) is 0 Å². The van der Waals surface area contributed by atoms with E-state index in [1.165, 1.54) is 11.1 Å². The minimum atomic E-state index is 0.0631. The first-order chi connectivity index (χ1) is 13.7. The minimum Gasteiger partial charge on any atom is -0.338 e. The van der Waals surface area contributed by atoms with Gasteiger partial charge in [0, 0.05) is 18.0 Å². The Hall–Kier alpha value is -2.86. The van der Waals surface area contributed by atoms with Crippen LogP contribution in [0, 0.1) is 6.92 Å². The molecular weight excluding hydrogens is 370 g/mol. The van der Waals surface area contributed by atoms with Crippen LogP contribution >= 0.6 is 11.8 Å². The van der Waals surface area contributed by atoms with E-state index in [9.17, 15) is 4.79 Å². The number of aromatic nitrogens is 2. The van der Waals surface area contributed by atoms with E-state index in [0.717, 1.165) is 23.4 Å². The molecule has 1 aliphatic heterocycles. The van der Waals surface area contributed by atoms with Crippen LogP contribution in [0.4, 0.5) is 0 Å². The van der Waals surface area contributed by atoms with E-state index in [0.29, 0.717) is 24.0 Å². The third-order valence-electron chi connectivity index (χ3n) is 4.68. The van der Waals surface area contributed by atoms with Gasteiger partial charge in [0.05, 0.1) is 11.3 Å². The normalized spacial score (nSPS) is 14.0. The third-order valence-corrected chi connectivity index (χ3v) is 5.74. The van der Waals surface area contributed by atoms with Gasteiger partial charge in [-0.3, -0.25) is 4.79 Å². The van der Waals surface area contributed by atoms with Crippen molar-refractivity contribution in [2.45, 2.75) is 24.0 Å². The van der Waals surface area contributed by atoms with Crippen molar-refractivity contribution < 1.29 is 9.32 Å². The maximum atomic E-state index is 13.1. The molecular formula is C22H21N3O2S. The Morgan fingerprint density at radius 1 is 1.14 bits per heavy atom. The van der Waals surface area contributed by atoms with Crippen molar-refractivity contribution in [1.29, 1.82) is 0 Å². The largest absolute Gasteiger partial charge is 0.338 e. The van der Waals surface area contributed by atoms with Crippen LogP contribution in [0.3, 0.4) is 0 Å². The van der Waals surface area contributed by atoms with E-state index in [4.69, 9.17) is 4.52 Å². The molecule has 6 heteroatoms. The molecule has 0 saturated carbocycles. The van der Waals surface area contributed by atoms with E-state index in [-0.39, 0.29) is 5.91 Å². The Morgan fingerprint density at radius 3 is 2.64 bits per heavy atom. The van der Waals surface area contributed by atoms with Crippen molar-refractivity contribution in [2.75, 3.05) is 13.1 Å². The maximum absolute atomic E-state index is 13.1. The number of hydrogen-bond donors (Lipinski definition) is 0. The number of carbonyl (C=O) groups excluding carboxylic acids is 1. The van der Waals surface area contributed by atoms with E-state index in [2.05, 4.69) is 28.3 Å². The fraction of sp³-hybridized carbons (Fsp3) is 0.227. The molecule has 0 spiro atoms. The number of carbonyl (C=O) groups is 1. The van der Waals surface area contributed by atoms with Crippen LogP contribution < -0.4 is 0 Å². The van der Waals surface area contributed by atoms with Gasteiger partial charge in [-0.2, -0.15) is 4.98 Å². The lowest BCUT2D eigenvalue weighted by Crippen LogP contribution is -2.34. The highest BCUT2D eigenvalue weighted by Gasteiger charge is 2.21. The monoisotopic (exact) mass is 391 g/mol. The highest BCUT2D eigenvalue weighted by molar-refractivity contribution is 7.98. The molecule has 142 valence electrons. The lowest BCUT2D eigenvalue weighted by atomic mass is 9.99. The molecule has 2 aromatic carbocycles. The highest BCUT2D eigenvalue weighted by Crippen LogP contribution is 2.28. The van der Waals surface area contributed by atoms with Crippen molar-refractivity contribution in [3.63, 3.8) is 0 Å². The molecule has 4 rings (SSSR count). The van der Waals surface area contributed by atoms with Gasteiger partial charge in [0.25, 0.3) is 5.91 Å². The number of thioether (sulfide) groups is 1. The Bertz CT molecular complexity index is 998. The van der Waals surface area contributed by atoms with Gasteiger partial charge in [-0.25, -0.2) is 0 Å². The molecule has 0 radical (unpaired) electrons. The number of benzene rings is 2. The molecule has 0 fully saturated rings. The average molecular weight is 391 g/mol. The summed E-state index contributed by atoms with van der Waals surface area (Å²) in [5.74, 6) is 1.80. The molecule has 2 heterocycles. The Balaban J connectivity index is 1.46. The van der Waals surface area contributed by atoms with Crippen LogP contribution in [-0.2, 0) is 5.75 Å². The van der Waals surface area contributed by atoms with Crippen LogP contribution in [0.25, 0.3) is 5.57 Å². The van der Waals surface area contributed by atoms with Crippen molar-refractivity contribution in [2.24, 2.45) is 0 Å². The number of amides is 1. The van der Waals surface area contributed by atoms with Gasteiger partial charge < -0.3 is 9.42 Å². The standard InChI is InChI=1S/C22H21N3O2S/c1-16-23-21(27-24-16)15-28-20-10-6-5-9-19(20)22(26)25-13-11-18(12-14-25)17-7-3-2-4-8-17/h2-11H,12-15H2,1H3. The molecule has 28 heavy (non-hydrogen) atoms. The summed E-state index contributed by atoms with van der Waals surface area (Å²) in [7, 11) is 0. The van der Waals surface area contributed by atoms with E-state index >= 15 is 0 Å². The summed E-state index contributed by atoms with van der Waals surface area (Å²) in [5.41, 5.74) is 3.26. The molecule has 0 aliphatic carbocycles.